The van der Waals surface area contributed by atoms with Crippen LogP contribution >= 0.6 is 11.6 Å². The minimum Gasteiger partial charge on any atom is -0.497 e. The Kier molecular flexibility index (Phi) is 6.01. The van der Waals surface area contributed by atoms with Gasteiger partial charge < -0.3 is 20.1 Å². The van der Waals surface area contributed by atoms with E-state index in [0.717, 1.165) is 22.7 Å². The van der Waals surface area contributed by atoms with Gasteiger partial charge in [0.05, 0.1) is 31.8 Å². The van der Waals surface area contributed by atoms with E-state index in [2.05, 4.69) is 15.6 Å². The Labute approximate surface area is 168 Å². The molecule has 0 fully saturated rings. The van der Waals surface area contributed by atoms with Crippen LogP contribution in [0.3, 0.4) is 0 Å². The first-order valence-electron chi connectivity index (χ1n) is 8.53. The number of ether oxygens (including phenoxy) is 2. The van der Waals surface area contributed by atoms with E-state index < -0.39 is 0 Å². The third kappa shape index (κ3) is 4.53. The number of aromatic nitrogens is 1. The Morgan fingerprint density at radius 1 is 1.04 bits per heavy atom. The molecule has 144 valence electrons. The fraction of sp³-hybridized carbons (Fsp3) is 0.143. The largest absolute Gasteiger partial charge is 0.497 e. The van der Waals surface area contributed by atoms with Crippen molar-refractivity contribution in [1.29, 1.82) is 0 Å². The minimum absolute atomic E-state index is 0.283. The highest BCUT2D eigenvalue weighted by atomic mass is 35.5. The van der Waals surface area contributed by atoms with Crippen LogP contribution in [0.5, 0.6) is 11.5 Å². The second kappa shape index (κ2) is 8.63. The Morgan fingerprint density at radius 3 is 2.54 bits per heavy atom. The molecule has 3 aromatic rings. The lowest BCUT2D eigenvalue weighted by molar-refractivity contribution is 0.102. The maximum Gasteiger partial charge on any atom is 0.274 e. The van der Waals surface area contributed by atoms with Crippen LogP contribution in [0.1, 0.15) is 16.1 Å². The zero-order valence-corrected chi connectivity index (χ0v) is 16.5. The molecule has 0 bridgehead atoms. The van der Waals surface area contributed by atoms with E-state index in [0.29, 0.717) is 16.5 Å². The third-order valence-corrected chi connectivity index (χ3v) is 4.49. The number of hydrogen-bond acceptors (Lipinski definition) is 5. The van der Waals surface area contributed by atoms with Gasteiger partial charge >= 0.3 is 0 Å². The van der Waals surface area contributed by atoms with Gasteiger partial charge in [0, 0.05) is 22.8 Å². The van der Waals surface area contributed by atoms with Crippen LogP contribution in [0.2, 0.25) is 5.02 Å². The Morgan fingerprint density at radius 2 is 1.86 bits per heavy atom. The van der Waals surface area contributed by atoms with Crippen LogP contribution in [-0.2, 0) is 0 Å². The molecule has 0 aliphatic rings. The summed E-state index contributed by atoms with van der Waals surface area (Å²) in [6.45, 7) is 1.86. The molecule has 1 aromatic heterocycles. The molecule has 0 aliphatic heterocycles. The number of rotatable bonds is 6. The predicted octanol–water partition coefficient (Wildman–Crippen LogP) is 5.06. The zero-order chi connectivity index (χ0) is 20.1. The van der Waals surface area contributed by atoms with Crippen LogP contribution < -0.4 is 20.1 Å². The average Bonchev–Trinajstić information content (AvgIpc) is 2.71. The molecule has 7 heteroatoms. The maximum absolute atomic E-state index is 12.5. The lowest BCUT2D eigenvalue weighted by Crippen LogP contribution is -2.14. The summed E-state index contributed by atoms with van der Waals surface area (Å²) >= 11 is 6.10. The quantitative estimate of drug-likeness (QED) is 0.608. The standard InChI is InChI=1S/C21H20ClN3O3/c1-13-9-19(20(28-3)11-17(13)22)25-21(26)18-8-7-15(12-23-18)24-14-5-4-6-16(10-14)27-2/h4-12,24H,1-3H3,(H,25,26). The predicted molar refractivity (Wildman–Crippen MR) is 111 cm³/mol. The molecule has 6 nitrogen and oxygen atoms in total. The number of hydrogen-bond donors (Lipinski definition) is 2. The molecule has 0 atom stereocenters. The van der Waals surface area contributed by atoms with Crippen molar-refractivity contribution < 1.29 is 14.3 Å². The molecule has 0 saturated carbocycles. The van der Waals surface area contributed by atoms with Gasteiger partial charge in [-0.15, -0.1) is 0 Å². The molecule has 1 heterocycles. The summed E-state index contributed by atoms with van der Waals surface area (Å²) in [7, 11) is 3.14. The molecule has 0 saturated heterocycles. The van der Waals surface area contributed by atoms with E-state index in [1.807, 2.05) is 31.2 Å². The van der Waals surface area contributed by atoms with Crippen LogP contribution in [-0.4, -0.2) is 25.1 Å². The summed E-state index contributed by atoms with van der Waals surface area (Å²) in [4.78, 5) is 16.8. The van der Waals surface area contributed by atoms with Crippen molar-refractivity contribution in [3.63, 3.8) is 0 Å². The van der Waals surface area contributed by atoms with Gasteiger partial charge in [0.1, 0.15) is 17.2 Å². The van der Waals surface area contributed by atoms with Gasteiger partial charge in [0.25, 0.3) is 5.91 Å². The average molecular weight is 398 g/mol. The third-order valence-electron chi connectivity index (χ3n) is 4.08. The minimum atomic E-state index is -0.340. The molecular weight excluding hydrogens is 378 g/mol. The fourth-order valence-electron chi connectivity index (χ4n) is 2.59. The number of amides is 1. The van der Waals surface area contributed by atoms with Gasteiger partial charge in [0.15, 0.2) is 0 Å². The van der Waals surface area contributed by atoms with E-state index in [1.54, 1.807) is 37.6 Å². The van der Waals surface area contributed by atoms with Gasteiger partial charge in [-0.05, 0) is 42.8 Å². The summed E-state index contributed by atoms with van der Waals surface area (Å²) in [5.74, 6) is 0.898. The van der Waals surface area contributed by atoms with Gasteiger partial charge in [0.2, 0.25) is 0 Å². The molecule has 2 aromatic carbocycles. The fourth-order valence-corrected chi connectivity index (χ4v) is 2.74. The number of aryl methyl sites for hydroxylation is 1. The number of benzene rings is 2. The van der Waals surface area contributed by atoms with Gasteiger partial charge in [-0.25, -0.2) is 4.98 Å². The monoisotopic (exact) mass is 397 g/mol. The highest BCUT2D eigenvalue weighted by molar-refractivity contribution is 6.31. The normalized spacial score (nSPS) is 10.3. The summed E-state index contributed by atoms with van der Waals surface area (Å²) in [5, 5.41) is 6.60. The highest BCUT2D eigenvalue weighted by Crippen LogP contribution is 2.31. The number of nitrogens with one attached hydrogen (secondary N) is 2. The second-order valence-electron chi connectivity index (χ2n) is 6.04. The number of carbonyl (C=O) groups excluding carboxylic acids is 1. The first-order valence-corrected chi connectivity index (χ1v) is 8.90. The van der Waals surface area contributed by atoms with Crippen molar-refractivity contribution in [2.24, 2.45) is 0 Å². The number of anilines is 3. The Bertz CT molecular complexity index is 991. The number of pyridine rings is 1. The van der Waals surface area contributed by atoms with Crippen molar-refractivity contribution in [3.8, 4) is 11.5 Å². The molecule has 0 radical (unpaired) electrons. The SMILES string of the molecule is COc1cccc(Nc2ccc(C(=O)Nc3cc(C)c(Cl)cc3OC)nc2)c1. The highest BCUT2D eigenvalue weighted by Gasteiger charge is 2.13. The molecule has 3 rings (SSSR count). The van der Waals surface area contributed by atoms with Crippen molar-refractivity contribution in [2.75, 3.05) is 24.9 Å². The Balaban J connectivity index is 1.73. The lowest BCUT2D eigenvalue weighted by Gasteiger charge is -2.12. The van der Waals surface area contributed by atoms with E-state index in [9.17, 15) is 4.79 Å². The van der Waals surface area contributed by atoms with Crippen LogP contribution in [0, 0.1) is 6.92 Å². The van der Waals surface area contributed by atoms with Gasteiger partial charge in [-0.2, -0.15) is 0 Å². The smallest absolute Gasteiger partial charge is 0.274 e. The second-order valence-corrected chi connectivity index (χ2v) is 6.45. The van der Waals surface area contributed by atoms with E-state index in [1.165, 1.54) is 7.11 Å². The first kappa shape index (κ1) is 19.5. The zero-order valence-electron chi connectivity index (χ0n) is 15.7. The summed E-state index contributed by atoms with van der Waals surface area (Å²) in [6, 6.07) is 14.4. The topological polar surface area (TPSA) is 72.5 Å². The molecule has 2 N–H and O–H groups in total. The lowest BCUT2D eigenvalue weighted by atomic mass is 10.2. The van der Waals surface area contributed by atoms with Crippen LogP contribution in [0.25, 0.3) is 0 Å². The van der Waals surface area contributed by atoms with Crippen molar-refractivity contribution in [3.05, 3.63) is 71.0 Å². The summed E-state index contributed by atoms with van der Waals surface area (Å²) in [5.41, 5.74) is 3.27. The number of carbonyl (C=O) groups is 1. The van der Waals surface area contributed by atoms with Crippen molar-refractivity contribution in [2.45, 2.75) is 6.92 Å². The van der Waals surface area contributed by atoms with E-state index >= 15 is 0 Å². The van der Waals surface area contributed by atoms with Crippen LogP contribution in [0.4, 0.5) is 17.1 Å². The Hall–Kier alpha value is -3.25. The van der Waals surface area contributed by atoms with Crippen molar-refractivity contribution in [1.82, 2.24) is 4.98 Å². The molecule has 0 aliphatic carbocycles. The molecule has 0 spiro atoms. The number of methoxy groups -OCH3 is 2. The first-order chi connectivity index (χ1) is 13.5. The van der Waals surface area contributed by atoms with Crippen molar-refractivity contribution >= 4 is 34.6 Å². The molecular formula is C21H20ClN3O3. The maximum atomic E-state index is 12.5. The molecule has 28 heavy (non-hydrogen) atoms. The van der Waals surface area contributed by atoms with Crippen LogP contribution in [0.15, 0.2) is 54.7 Å². The summed E-state index contributed by atoms with van der Waals surface area (Å²) < 4.78 is 10.5. The van der Waals surface area contributed by atoms with Gasteiger partial charge in [-0.3, -0.25) is 4.79 Å². The summed E-state index contributed by atoms with van der Waals surface area (Å²) in [6.07, 6.45) is 1.60. The van der Waals surface area contributed by atoms with E-state index in [4.69, 9.17) is 21.1 Å². The number of halogens is 1. The molecule has 1 amide bonds. The number of nitrogens with zero attached hydrogens (tertiary/aromatic N) is 1. The van der Waals surface area contributed by atoms with Gasteiger partial charge in [-0.1, -0.05) is 17.7 Å². The van der Waals surface area contributed by atoms with E-state index in [-0.39, 0.29) is 11.6 Å². The molecule has 0 unspecified atom stereocenters.